The number of amides is 1. The van der Waals surface area contributed by atoms with Gasteiger partial charge in [-0.15, -0.1) is 0 Å². The lowest BCUT2D eigenvalue weighted by atomic mass is 10.1. The normalized spacial score (nSPS) is 14.2. The van der Waals surface area contributed by atoms with E-state index >= 15 is 0 Å². The SMILES string of the molecule is CC(C)C(=O)N[C@@H](CCO[Si](C)(C)C(C)(C)C)C(=O)O. The summed E-state index contributed by atoms with van der Waals surface area (Å²) in [6.07, 6.45) is 0.292. The van der Waals surface area contributed by atoms with Gasteiger partial charge in [-0.1, -0.05) is 34.6 Å². The molecule has 0 aromatic carbocycles. The van der Waals surface area contributed by atoms with E-state index in [2.05, 4.69) is 39.2 Å². The van der Waals surface area contributed by atoms with Crippen molar-refractivity contribution in [3.63, 3.8) is 0 Å². The van der Waals surface area contributed by atoms with Crippen molar-refractivity contribution in [1.82, 2.24) is 5.32 Å². The lowest BCUT2D eigenvalue weighted by Gasteiger charge is -2.36. The van der Waals surface area contributed by atoms with Gasteiger partial charge in [-0.25, -0.2) is 4.79 Å². The molecule has 0 radical (unpaired) electrons. The van der Waals surface area contributed by atoms with E-state index in [0.717, 1.165) is 0 Å². The number of carboxylic acid groups (broad SMARTS) is 1. The van der Waals surface area contributed by atoms with Gasteiger partial charge in [-0.05, 0) is 18.1 Å². The summed E-state index contributed by atoms with van der Waals surface area (Å²) in [7, 11) is -1.87. The van der Waals surface area contributed by atoms with Gasteiger partial charge in [-0.2, -0.15) is 0 Å². The van der Waals surface area contributed by atoms with Crippen LogP contribution in [0.15, 0.2) is 0 Å². The standard InChI is InChI=1S/C14H29NO4Si/c1-10(2)12(16)15-11(13(17)18)8-9-19-20(6,7)14(3,4)5/h10-11H,8-9H2,1-7H3,(H,15,16)(H,17,18)/t11-/m0/s1. The predicted molar refractivity (Wildman–Crippen MR) is 82.2 cm³/mol. The first-order valence-corrected chi connectivity index (χ1v) is 9.96. The summed E-state index contributed by atoms with van der Waals surface area (Å²) < 4.78 is 5.94. The zero-order valence-electron chi connectivity index (χ0n) is 13.7. The van der Waals surface area contributed by atoms with Gasteiger partial charge in [0.1, 0.15) is 6.04 Å². The molecule has 0 aromatic heterocycles. The Hall–Kier alpha value is -0.883. The fourth-order valence-electron chi connectivity index (χ4n) is 1.24. The van der Waals surface area contributed by atoms with Crippen molar-refractivity contribution in [2.75, 3.05) is 6.61 Å². The molecule has 0 aliphatic rings. The molecule has 0 unspecified atom stereocenters. The molecule has 0 aliphatic heterocycles. The van der Waals surface area contributed by atoms with E-state index in [1.165, 1.54) is 0 Å². The molecule has 0 aromatic rings. The Bertz CT molecular complexity index is 348. The van der Waals surface area contributed by atoms with Crippen LogP contribution in [0.5, 0.6) is 0 Å². The zero-order chi connectivity index (χ0) is 16.1. The van der Waals surface area contributed by atoms with E-state index in [4.69, 9.17) is 9.53 Å². The van der Waals surface area contributed by atoms with Crippen molar-refractivity contribution < 1.29 is 19.1 Å². The Morgan fingerprint density at radius 1 is 1.25 bits per heavy atom. The van der Waals surface area contributed by atoms with Crippen LogP contribution in [0.25, 0.3) is 0 Å². The van der Waals surface area contributed by atoms with Crippen LogP contribution in [0, 0.1) is 5.92 Å². The summed E-state index contributed by atoms with van der Waals surface area (Å²) in [5.41, 5.74) is 0. The van der Waals surface area contributed by atoms with Crippen LogP contribution >= 0.6 is 0 Å². The minimum atomic E-state index is -1.87. The third kappa shape index (κ3) is 6.05. The Morgan fingerprint density at radius 3 is 2.10 bits per heavy atom. The van der Waals surface area contributed by atoms with Crippen LogP contribution in [0.2, 0.25) is 18.1 Å². The molecule has 20 heavy (non-hydrogen) atoms. The molecule has 0 saturated heterocycles. The van der Waals surface area contributed by atoms with E-state index in [9.17, 15) is 9.59 Å². The van der Waals surface area contributed by atoms with Crippen molar-refractivity contribution >= 4 is 20.2 Å². The van der Waals surface area contributed by atoms with Gasteiger partial charge in [0.15, 0.2) is 8.32 Å². The highest BCUT2D eigenvalue weighted by Gasteiger charge is 2.37. The van der Waals surface area contributed by atoms with Crippen molar-refractivity contribution in [3.8, 4) is 0 Å². The van der Waals surface area contributed by atoms with Crippen molar-refractivity contribution in [1.29, 1.82) is 0 Å². The molecule has 2 N–H and O–H groups in total. The maximum absolute atomic E-state index is 11.6. The fraction of sp³-hybridized carbons (Fsp3) is 0.857. The van der Waals surface area contributed by atoms with Gasteiger partial charge in [-0.3, -0.25) is 4.79 Å². The second-order valence-corrected chi connectivity index (χ2v) is 11.8. The summed E-state index contributed by atoms with van der Waals surface area (Å²) in [6.45, 7) is 14.5. The Labute approximate surface area is 123 Å². The topological polar surface area (TPSA) is 75.6 Å². The average Bonchev–Trinajstić information content (AvgIpc) is 2.25. The molecular formula is C14H29NO4Si. The first-order chi connectivity index (χ1) is 8.88. The van der Waals surface area contributed by atoms with Gasteiger partial charge in [0.05, 0.1) is 0 Å². The number of rotatable bonds is 7. The molecule has 118 valence electrons. The number of carboxylic acids is 1. The quantitative estimate of drug-likeness (QED) is 0.709. The van der Waals surface area contributed by atoms with Crippen LogP contribution in [-0.4, -0.2) is 37.9 Å². The summed E-state index contributed by atoms with van der Waals surface area (Å²) in [5, 5.41) is 11.8. The number of hydrogen-bond acceptors (Lipinski definition) is 3. The summed E-state index contributed by atoms with van der Waals surface area (Å²) in [5.74, 6) is -1.49. The first kappa shape index (κ1) is 19.1. The van der Waals surface area contributed by atoms with Gasteiger partial charge in [0.2, 0.25) is 5.91 Å². The minimum absolute atomic E-state index is 0.0902. The van der Waals surface area contributed by atoms with Gasteiger partial charge in [0, 0.05) is 18.9 Å². The highest BCUT2D eigenvalue weighted by molar-refractivity contribution is 6.74. The Balaban J connectivity index is 4.44. The zero-order valence-corrected chi connectivity index (χ0v) is 14.7. The summed E-state index contributed by atoms with van der Waals surface area (Å²) in [4.78, 5) is 22.7. The van der Waals surface area contributed by atoms with Crippen LogP contribution in [0.3, 0.4) is 0 Å². The van der Waals surface area contributed by atoms with Crippen molar-refractivity contribution in [3.05, 3.63) is 0 Å². The largest absolute Gasteiger partial charge is 0.480 e. The molecule has 1 amide bonds. The number of nitrogens with one attached hydrogen (secondary N) is 1. The molecular weight excluding hydrogens is 274 g/mol. The van der Waals surface area contributed by atoms with Crippen molar-refractivity contribution in [2.45, 2.75) is 65.2 Å². The van der Waals surface area contributed by atoms with Crippen LogP contribution < -0.4 is 5.32 Å². The van der Waals surface area contributed by atoms with Crippen LogP contribution in [0.4, 0.5) is 0 Å². The summed E-state index contributed by atoms with van der Waals surface area (Å²) in [6, 6.07) is -0.880. The smallest absolute Gasteiger partial charge is 0.326 e. The average molecular weight is 303 g/mol. The Morgan fingerprint density at radius 2 is 1.75 bits per heavy atom. The maximum Gasteiger partial charge on any atom is 0.326 e. The van der Waals surface area contributed by atoms with Crippen LogP contribution in [-0.2, 0) is 14.0 Å². The van der Waals surface area contributed by atoms with E-state index < -0.39 is 20.3 Å². The second-order valence-electron chi connectivity index (χ2n) is 6.95. The van der Waals surface area contributed by atoms with Gasteiger partial charge >= 0.3 is 5.97 Å². The predicted octanol–water partition coefficient (Wildman–Crippen LogP) is 2.62. The Kier molecular flexibility index (Phi) is 6.90. The molecule has 0 aliphatic carbocycles. The van der Waals surface area contributed by atoms with Crippen molar-refractivity contribution in [2.24, 2.45) is 5.92 Å². The molecule has 1 atom stereocenters. The number of hydrogen-bond donors (Lipinski definition) is 2. The highest BCUT2D eigenvalue weighted by atomic mass is 28.4. The molecule has 0 fully saturated rings. The van der Waals surface area contributed by atoms with E-state index in [1.54, 1.807) is 13.8 Å². The molecule has 0 bridgehead atoms. The molecule has 5 nitrogen and oxygen atoms in total. The number of aliphatic carboxylic acids is 1. The minimum Gasteiger partial charge on any atom is -0.480 e. The first-order valence-electron chi connectivity index (χ1n) is 7.05. The monoisotopic (exact) mass is 303 g/mol. The third-order valence-corrected chi connectivity index (χ3v) is 8.35. The van der Waals surface area contributed by atoms with E-state index in [0.29, 0.717) is 13.0 Å². The fourth-order valence-corrected chi connectivity index (χ4v) is 2.31. The van der Waals surface area contributed by atoms with E-state index in [1.807, 2.05) is 0 Å². The van der Waals surface area contributed by atoms with Crippen LogP contribution in [0.1, 0.15) is 41.0 Å². The number of carbonyl (C=O) groups is 2. The third-order valence-electron chi connectivity index (χ3n) is 3.81. The molecule has 0 spiro atoms. The molecule has 0 rings (SSSR count). The lowest BCUT2D eigenvalue weighted by Crippen LogP contribution is -2.45. The van der Waals surface area contributed by atoms with Gasteiger partial charge < -0.3 is 14.8 Å². The molecule has 0 saturated carbocycles. The molecule has 0 heterocycles. The lowest BCUT2D eigenvalue weighted by molar-refractivity contribution is -0.142. The number of carbonyl (C=O) groups excluding carboxylic acids is 1. The maximum atomic E-state index is 11.6. The van der Waals surface area contributed by atoms with Gasteiger partial charge in [0.25, 0.3) is 0 Å². The summed E-state index contributed by atoms with van der Waals surface area (Å²) >= 11 is 0. The highest BCUT2D eigenvalue weighted by Crippen LogP contribution is 2.36. The molecule has 6 heteroatoms. The van der Waals surface area contributed by atoms with E-state index in [-0.39, 0.29) is 16.9 Å². The second kappa shape index (κ2) is 7.22.